The van der Waals surface area contributed by atoms with E-state index >= 15 is 0 Å². The van der Waals surface area contributed by atoms with Gasteiger partial charge in [0.05, 0.1) is 7.11 Å². The molecule has 0 amide bonds. The van der Waals surface area contributed by atoms with Crippen LogP contribution in [0.15, 0.2) is 29.2 Å². The molecule has 0 aliphatic carbocycles. The first-order chi connectivity index (χ1) is 7.90. The lowest BCUT2D eigenvalue weighted by Gasteiger charge is -2.08. The van der Waals surface area contributed by atoms with Crippen LogP contribution < -0.4 is 10.1 Å². The third-order valence-electron chi connectivity index (χ3n) is 2.04. The minimum absolute atomic E-state index is 0.669. The van der Waals surface area contributed by atoms with Gasteiger partial charge in [0.2, 0.25) is 6.39 Å². The summed E-state index contributed by atoms with van der Waals surface area (Å²) in [6.45, 7) is 0.674. The molecule has 84 valence electrons. The van der Waals surface area contributed by atoms with E-state index in [2.05, 4.69) is 25.0 Å². The minimum Gasteiger partial charge on any atom is -0.493 e. The van der Waals surface area contributed by atoms with Gasteiger partial charge in [-0.15, -0.1) is 0 Å². The lowest BCUT2D eigenvalue weighted by molar-refractivity contribution is 0.410. The van der Waals surface area contributed by atoms with Gasteiger partial charge < -0.3 is 14.6 Å². The fourth-order valence-corrected chi connectivity index (χ4v) is 1.28. The van der Waals surface area contributed by atoms with Gasteiger partial charge in [-0.05, 0) is 12.1 Å². The maximum absolute atomic E-state index is 5.16. The number of methoxy groups -OCH3 is 1. The topological polar surface area (TPSA) is 73.1 Å². The molecule has 0 radical (unpaired) electrons. The Kier molecular flexibility index (Phi) is 3.32. The molecule has 0 atom stereocenters. The van der Waals surface area contributed by atoms with Gasteiger partial charge in [0.1, 0.15) is 0 Å². The molecule has 6 nitrogen and oxygen atoms in total. The molecule has 0 saturated heterocycles. The normalized spacial score (nSPS) is 10.1. The van der Waals surface area contributed by atoms with Crippen LogP contribution >= 0.6 is 0 Å². The van der Waals surface area contributed by atoms with Gasteiger partial charge in [0, 0.05) is 19.2 Å². The zero-order valence-electron chi connectivity index (χ0n) is 8.88. The molecule has 6 heteroatoms. The van der Waals surface area contributed by atoms with Crippen molar-refractivity contribution in [3.8, 4) is 5.75 Å². The molecule has 16 heavy (non-hydrogen) atoms. The average molecular weight is 220 g/mol. The lowest BCUT2D eigenvalue weighted by atomic mass is 10.4. The Morgan fingerprint density at radius 3 is 3.12 bits per heavy atom. The summed E-state index contributed by atoms with van der Waals surface area (Å²) in [4.78, 5) is 8.09. The molecule has 0 aliphatic rings. The van der Waals surface area contributed by atoms with Crippen LogP contribution in [0.5, 0.6) is 5.75 Å². The Balaban J connectivity index is 1.89. The molecular weight excluding hydrogens is 208 g/mol. The number of pyridine rings is 1. The molecule has 0 fully saturated rings. The van der Waals surface area contributed by atoms with E-state index in [1.54, 1.807) is 13.3 Å². The number of anilines is 1. The second-order valence-corrected chi connectivity index (χ2v) is 3.08. The number of aromatic nitrogens is 3. The summed E-state index contributed by atoms with van der Waals surface area (Å²) < 4.78 is 9.79. The number of ether oxygens (including phenoxy) is 1. The van der Waals surface area contributed by atoms with Crippen molar-refractivity contribution in [2.75, 3.05) is 19.0 Å². The molecule has 0 bridgehead atoms. The van der Waals surface area contributed by atoms with Crippen molar-refractivity contribution in [1.82, 2.24) is 15.1 Å². The third-order valence-corrected chi connectivity index (χ3v) is 2.04. The molecule has 1 N–H and O–H groups in total. The summed E-state index contributed by atoms with van der Waals surface area (Å²) in [5.41, 5.74) is 0. The van der Waals surface area contributed by atoms with Crippen LogP contribution in [0.25, 0.3) is 0 Å². The predicted molar refractivity (Wildman–Crippen MR) is 57.3 cm³/mol. The monoisotopic (exact) mass is 220 g/mol. The second kappa shape index (κ2) is 5.11. The van der Waals surface area contributed by atoms with E-state index in [0.717, 1.165) is 5.75 Å². The zero-order chi connectivity index (χ0) is 11.2. The van der Waals surface area contributed by atoms with Gasteiger partial charge in [-0.2, -0.15) is 4.98 Å². The van der Waals surface area contributed by atoms with Crippen molar-refractivity contribution < 1.29 is 9.26 Å². The second-order valence-electron chi connectivity index (χ2n) is 3.08. The van der Waals surface area contributed by atoms with Crippen molar-refractivity contribution in [2.45, 2.75) is 6.42 Å². The highest BCUT2D eigenvalue weighted by atomic mass is 16.5. The highest BCUT2D eigenvalue weighted by Crippen LogP contribution is 2.19. The summed E-state index contributed by atoms with van der Waals surface area (Å²) in [6.07, 6.45) is 3.70. The van der Waals surface area contributed by atoms with Gasteiger partial charge in [-0.1, -0.05) is 5.16 Å². The van der Waals surface area contributed by atoms with Crippen molar-refractivity contribution in [2.24, 2.45) is 0 Å². The zero-order valence-corrected chi connectivity index (χ0v) is 8.88. The first-order valence-electron chi connectivity index (χ1n) is 4.88. The smallest absolute Gasteiger partial charge is 0.213 e. The van der Waals surface area contributed by atoms with E-state index in [-0.39, 0.29) is 0 Å². The first-order valence-corrected chi connectivity index (χ1v) is 4.88. The molecule has 0 saturated carbocycles. The van der Waals surface area contributed by atoms with Crippen LogP contribution in [0.3, 0.4) is 0 Å². The maximum atomic E-state index is 5.16. The van der Waals surface area contributed by atoms with Gasteiger partial charge in [0.15, 0.2) is 17.4 Å². The summed E-state index contributed by atoms with van der Waals surface area (Å²) in [6, 6.07) is 3.67. The molecule has 2 rings (SSSR count). The van der Waals surface area contributed by atoms with E-state index in [9.17, 15) is 0 Å². The first kappa shape index (κ1) is 10.4. The van der Waals surface area contributed by atoms with Crippen LogP contribution in [0, 0.1) is 0 Å². The van der Waals surface area contributed by atoms with Gasteiger partial charge in [0.25, 0.3) is 0 Å². The van der Waals surface area contributed by atoms with Gasteiger partial charge >= 0.3 is 0 Å². The highest BCUT2D eigenvalue weighted by Gasteiger charge is 2.03. The highest BCUT2D eigenvalue weighted by molar-refractivity contribution is 5.49. The molecule has 0 aliphatic heterocycles. The Morgan fingerprint density at radius 2 is 2.38 bits per heavy atom. The molecule has 0 spiro atoms. The van der Waals surface area contributed by atoms with E-state index in [1.807, 2.05) is 12.1 Å². The van der Waals surface area contributed by atoms with E-state index in [1.165, 1.54) is 6.39 Å². The SMILES string of the molecule is COc1cccnc1NCCc1ncon1. The number of hydrogen-bond acceptors (Lipinski definition) is 6. The summed E-state index contributed by atoms with van der Waals surface area (Å²) in [5.74, 6) is 2.10. The largest absolute Gasteiger partial charge is 0.493 e. The average Bonchev–Trinajstić information content (AvgIpc) is 2.83. The summed E-state index contributed by atoms with van der Waals surface area (Å²) >= 11 is 0. The quantitative estimate of drug-likeness (QED) is 0.814. The lowest BCUT2D eigenvalue weighted by Crippen LogP contribution is -2.08. The standard InChI is InChI=1S/C10H12N4O2/c1-15-8-3-2-5-11-10(8)12-6-4-9-13-7-16-14-9/h2-3,5,7H,4,6H2,1H3,(H,11,12). The molecular formula is C10H12N4O2. The summed E-state index contributed by atoms with van der Waals surface area (Å²) in [7, 11) is 1.61. The Morgan fingerprint density at radius 1 is 1.44 bits per heavy atom. The Bertz CT molecular complexity index is 430. The minimum atomic E-state index is 0.669. The number of nitrogens with zero attached hydrogens (tertiary/aromatic N) is 3. The fraction of sp³-hybridized carbons (Fsp3) is 0.300. The number of rotatable bonds is 5. The van der Waals surface area contributed by atoms with Crippen LogP contribution in [0.1, 0.15) is 5.82 Å². The summed E-state index contributed by atoms with van der Waals surface area (Å²) in [5, 5.41) is 6.86. The third kappa shape index (κ3) is 2.47. The Hall–Kier alpha value is -2.11. The van der Waals surface area contributed by atoms with Crippen LogP contribution in [0.2, 0.25) is 0 Å². The van der Waals surface area contributed by atoms with Crippen LogP contribution in [0.4, 0.5) is 5.82 Å². The van der Waals surface area contributed by atoms with Crippen molar-refractivity contribution >= 4 is 5.82 Å². The van der Waals surface area contributed by atoms with E-state index in [0.29, 0.717) is 24.6 Å². The Labute approximate surface area is 92.7 Å². The maximum Gasteiger partial charge on any atom is 0.213 e. The molecule has 0 aromatic carbocycles. The molecule has 0 unspecified atom stereocenters. The fourth-order valence-electron chi connectivity index (χ4n) is 1.28. The molecule has 2 aromatic heterocycles. The molecule has 2 aromatic rings. The molecule has 2 heterocycles. The van der Waals surface area contributed by atoms with Crippen LogP contribution in [-0.4, -0.2) is 28.8 Å². The van der Waals surface area contributed by atoms with Gasteiger partial charge in [-0.25, -0.2) is 4.98 Å². The van der Waals surface area contributed by atoms with Gasteiger partial charge in [-0.3, -0.25) is 0 Å². The van der Waals surface area contributed by atoms with Crippen molar-refractivity contribution in [3.63, 3.8) is 0 Å². The predicted octanol–water partition coefficient (Wildman–Crippen LogP) is 1.13. The number of nitrogens with one attached hydrogen (secondary N) is 1. The van der Waals surface area contributed by atoms with E-state index < -0.39 is 0 Å². The van der Waals surface area contributed by atoms with E-state index in [4.69, 9.17) is 4.74 Å². The van der Waals surface area contributed by atoms with Crippen LogP contribution in [-0.2, 0) is 6.42 Å². The van der Waals surface area contributed by atoms with Crippen molar-refractivity contribution in [1.29, 1.82) is 0 Å². The van der Waals surface area contributed by atoms with Crippen molar-refractivity contribution in [3.05, 3.63) is 30.5 Å². The number of hydrogen-bond donors (Lipinski definition) is 1.